The van der Waals surface area contributed by atoms with Crippen LogP contribution in [-0.4, -0.2) is 42.5 Å². The van der Waals surface area contributed by atoms with Gasteiger partial charge < -0.3 is 5.32 Å². The number of rotatable bonds is 6. The minimum absolute atomic E-state index is 0.122. The van der Waals surface area contributed by atoms with Crippen molar-refractivity contribution < 1.29 is 13.2 Å². The Hall–Kier alpha value is -2.45. The van der Waals surface area contributed by atoms with Gasteiger partial charge in [0.25, 0.3) is 0 Å². The van der Waals surface area contributed by atoms with Crippen LogP contribution in [0.1, 0.15) is 22.5 Å². The summed E-state index contributed by atoms with van der Waals surface area (Å²) in [7, 11) is 1.24. The third kappa shape index (κ3) is 4.20. The number of aryl methyl sites for hydroxylation is 2. The quantitative estimate of drug-likeness (QED) is 0.777. The molecule has 7 nitrogen and oxygen atoms in total. The normalized spacial score (nSPS) is 12.1. The predicted octanol–water partition coefficient (Wildman–Crippen LogP) is 1.62. The minimum atomic E-state index is -3.57. The molecule has 140 valence electrons. The van der Waals surface area contributed by atoms with Crippen LogP contribution in [0.15, 0.2) is 35.2 Å². The van der Waals surface area contributed by atoms with Gasteiger partial charge in [0.15, 0.2) is 0 Å². The molecule has 1 N–H and O–H groups in total. The van der Waals surface area contributed by atoms with E-state index in [0.717, 1.165) is 21.3 Å². The lowest BCUT2D eigenvalue weighted by molar-refractivity contribution is -0.116. The molecule has 1 heterocycles. The molecule has 2 rings (SSSR count). The monoisotopic (exact) mass is 376 g/mol. The first-order chi connectivity index (χ1) is 12.1. The molecule has 8 heteroatoms. The summed E-state index contributed by atoms with van der Waals surface area (Å²) in [6.45, 7) is 3.93. The van der Waals surface area contributed by atoms with Crippen molar-refractivity contribution in [2.24, 2.45) is 7.05 Å². The van der Waals surface area contributed by atoms with E-state index in [1.54, 1.807) is 29.0 Å². The fourth-order valence-electron chi connectivity index (χ4n) is 2.53. The Kier molecular flexibility index (Phi) is 5.99. The fourth-order valence-corrected chi connectivity index (χ4v) is 3.65. The number of nitrogens with zero attached hydrogens (tertiary/aromatic N) is 3. The van der Waals surface area contributed by atoms with E-state index in [9.17, 15) is 13.2 Å². The van der Waals surface area contributed by atoms with Crippen molar-refractivity contribution in [3.63, 3.8) is 0 Å². The highest BCUT2D eigenvalue weighted by molar-refractivity contribution is 7.89. The maximum absolute atomic E-state index is 12.4. The van der Waals surface area contributed by atoms with Gasteiger partial charge in [0.2, 0.25) is 15.9 Å². The average Bonchev–Trinajstić information content (AvgIpc) is 2.83. The Bertz CT molecular complexity index is 943. The molecule has 0 radical (unpaired) electrons. The highest BCUT2D eigenvalue weighted by Gasteiger charge is 2.20. The molecular formula is C18H24N4O3S. The summed E-state index contributed by atoms with van der Waals surface area (Å²) in [5.41, 5.74) is 3.25. The van der Waals surface area contributed by atoms with Gasteiger partial charge in [-0.05, 0) is 31.6 Å². The molecule has 0 atom stereocenters. The maximum Gasteiger partial charge on any atom is 0.244 e. The summed E-state index contributed by atoms with van der Waals surface area (Å²) in [5.74, 6) is -0.301. The number of nitrogens with one attached hydrogen (secondary N) is 1. The second kappa shape index (κ2) is 7.84. The van der Waals surface area contributed by atoms with Crippen LogP contribution in [0, 0.1) is 13.8 Å². The third-order valence-corrected chi connectivity index (χ3v) is 6.07. The number of hydrogen-bond acceptors (Lipinski definition) is 4. The van der Waals surface area contributed by atoms with Crippen LogP contribution in [0.5, 0.6) is 0 Å². The number of hydrogen-bond donors (Lipinski definition) is 1. The van der Waals surface area contributed by atoms with Crippen LogP contribution in [0.25, 0.3) is 6.08 Å². The molecular weight excluding hydrogens is 352 g/mol. The third-order valence-electron chi connectivity index (χ3n) is 4.15. The van der Waals surface area contributed by atoms with Crippen molar-refractivity contribution in [2.45, 2.75) is 25.3 Å². The van der Waals surface area contributed by atoms with Crippen LogP contribution in [0.3, 0.4) is 0 Å². The van der Waals surface area contributed by atoms with E-state index in [0.29, 0.717) is 5.56 Å². The van der Waals surface area contributed by atoms with Crippen molar-refractivity contribution in [3.05, 3.63) is 52.9 Å². The van der Waals surface area contributed by atoms with Gasteiger partial charge in [0, 0.05) is 45.0 Å². The van der Waals surface area contributed by atoms with Gasteiger partial charge in [-0.1, -0.05) is 18.2 Å². The Labute approximate surface area is 154 Å². The molecule has 0 bridgehead atoms. The van der Waals surface area contributed by atoms with Crippen LogP contribution in [0.4, 0.5) is 0 Å². The van der Waals surface area contributed by atoms with Crippen molar-refractivity contribution in [1.82, 2.24) is 19.4 Å². The number of sulfonamides is 1. The van der Waals surface area contributed by atoms with E-state index in [-0.39, 0.29) is 17.3 Å². The van der Waals surface area contributed by atoms with Crippen molar-refractivity contribution in [3.8, 4) is 0 Å². The fraction of sp³-hybridized carbons (Fsp3) is 0.333. The molecule has 1 aromatic heterocycles. The van der Waals surface area contributed by atoms with Gasteiger partial charge in [-0.3, -0.25) is 9.48 Å². The first-order valence-electron chi connectivity index (χ1n) is 8.11. The summed E-state index contributed by atoms with van der Waals surface area (Å²) in [6, 6.07) is 6.63. The molecule has 26 heavy (non-hydrogen) atoms. The number of benzene rings is 1. The molecule has 1 aromatic carbocycles. The molecule has 0 saturated heterocycles. The van der Waals surface area contributed by atoms with Crippen molar-refractivity contribution in [2.75, 3.05) is 14.1 Å². The highest BCUT2D eigenvalue weighted by Crippen LogP contribution is 2.18. The largest absolute Gasteiger partial charge is 0.348 e. The second-order valence-corrected chi connectivity index (χ2v) is 8.27. The zero-order valence-electron chi connectivity index (χ0n) is 15.6. The number of aromatic nitrogens is 2. The molecule has 0 aliphatic heterocycles. The first kappa shape index (κ1) is 19.9. The number of carbonyl (C=O) groups is 1. The van der Waals surface area contributed by atoms with E-state index in [2.05, 4.69) is 10.4 Å². The van der Waals surface area contributed by atoms with Crippen molar-refractivity contribution in [1.29, 1.82) is 0 Å². The summed E-state index contributed by atoms with van der Waals surface area (Å²) in [5, 5.41) is 7.03. The van der Waals surface area contributed by atoms with Gasteiger partial charge in [0.1, 0.15) is 0 Å². The Balaban J connectivity index is 2.12. The maximum atomic E-state index is 12.4. The molecule has 0 unspecified atom stereocenters. The van der Waals surface area contributed by atoms with Crippen molar-refractivity contribution >= 4 is 22.0 Å². The topological polar surface area (TPSA) is 84.3 Å². The zero-order valence-corrected chi connectivity index (χ0v) is 16.5. The van der Waals surface area contributed by atoms with Gasteiger partial charge in [-0.25, -0.2) is 12.7 Å². The van der Waals surface area contributed by atoms with E-state index >= 15 is 0 Å². The number of carbonyl (C=O) groups excluding carboxylic acids is 1. The lowest BCUT2D eigenvalue weighted by Gasteiger charge is -2.15. The standard InChI is InChI=1S/C18H24N4O3S/c1-13-16(14(2)22(5)20-13)10-11-18(23)19-12-15-8-6-7-9-17(15)26(24,25)21(3)4/h6-11H,12H2,1-5H3,(H,19,23)/b11-10+. The van der Waals surface area contributed by atoms with E-state index < -0.39 is 10.0 Å². The lowest BCUT2D eigenvalue weighted by Crippen LogP contribution is -2.26. The SMILES string of the molecule is Cc1nn(C)c(C)c1/C=C/C(=O)NCc1ccccc1S(=O)(=O)N(C)C. The zero-order chi connectivity index (χ0) is 19.5. The van der Waals surface area contributed by atoms with Crippen LogP contribution >= 0.6 is 0 Å². The molecule has 2 aromatic rings. The Morgan fingerprint density at radius 2 is 1.92 bits per heavy atom. The molecule has 0 saturated carbocycles. The van der Waals surface area contributed by atoms with Crippen LogP contribution in [0.2, 0.25) is 0 Å². The predicted molar refractivity (Wildman–Crippen MR) is 101 cm³/mol. The first-order valence-corrected chi connectivity index (χ1v) is 9.55. The molecule has 0 spiro atoms. The van der Waals surface area contributed by atoms with E-state index in [4.69, 9.17) is 0 Å². The number of amides is 1. The van der Waals surface area contributed by atoms with E-state index in [1.807, 2.05) is 20.9 Å². The summed E-state index contributed by atoms with van der Waals surface area (Å²) < 4.78 is 27.7. The molecule has 0 fully saturated rings. The van der Waals surface area contributed by atoms with E-state index in [1.165, 1.54) is 26.2 Å². The second-order valence-electron chi connectivity index (χ2n) is 6.15. The van der Waals surface area contributed by atoms with Gasteiger partial charge in [-0.15, -0.1) is 0 Å². The summed E-state index contributed by atoms with van der Waals surface area (Å²) in [6.07, 6.45) is 3.15. The molecule has 0 aliphatic carbocycles. The lowest BCUT2D eigenvalue weighted by atomic mass is 10.2. The van der Waals surface area contributed by atoms with Gasteiger partial charge in [-0.2, -0.15) is 5.10 Å². The van der Waals surface area contributed by atoms with Crippen LogP contribution in [-0.2, 0) is 28.4 Å². The average molecular weight is 376 g/mol. The molecule has 1 amide bonds. The summed E-state index contributed by atoms with van der Waals surface area (Å²) in [4.78, 5) is 12.3. The van der Waals surface area contributed by atoms with Crippen LogP contribution < -0.4 is 5.32 Å². The Morgan fingerprint density at radius 1 is 1.27 bits per heavy atom. The minimum Gasteiger partial charge on any atom is -0.348 e. The Morgan fingerprint density at radius 3 is 2.50 bits per heavy atom. The van der Waals surface area contributed by atoms with Gasteiger partial charge >= 0.3 is 0 Å². The van der Waals surface area contributed by atoms with Gasteiger partial charge in [0.05, 0.1) is 10.6 Å². The molecule has 0 aliphatic rings. The summed E-state index contributed by atoms with van der Waals surface area (Å²) >= 11 is 0. The smallest absolute Gasteiger partial charge is 0.244 e. The highest BCUT2D eigenvalue weighted by atomic mass is 32.2.